The van der Waals surface area contributed by atoms with Gasteiger partial charge in [0.05, 0.1) is 0 Å². The van der Waals surface area contributed by atoms with Crippen LogP contribution >= 0.6 is 0 Å². The predicted molar refractivity (Wildman–Crippen MR) is 115 cm³/mol. The van der Waals surface area contributed by atoms with Crippen molar-refractivity contribution >= 4 is 35.0 Å². The van der Waals surface area contributed by atoms with Gasteiger partial charge in [-0.15, -0.1) is 0 Å². The molecule has 0 fully saturated rings. The third-order valence-corrected chi connectivity index (χ3v) is 4.33. The molecule has 0 bridgehead atoms. The summed E-state index contributed by atoms with van der Waals surface area (Å²) in [5.74, 6) is -0.804. The molecule has 0 unspecified atom stereocenters. The van der Waals surface area contributed by atoms with Crippen LogP contribution in [0.25, 0.3) is 0 Å². The Morgan fingerprint density at radius 2 is 1.07 bits per heavy atom. The molecule has 0 aliphatic carbocycles. The van der Waals surface area contributed by atoms with E-state index in [-0.39, 0.29) is 36.5 Å². The summed E-state index contributed by atoms with van der Waals surface area (Å²) in [6.45, 7) is 0. The monoisotopic (exact) mass is 410 g/mol. The van der Waals surface area contributed by atoms with E-state index in [1.54, 1.807) is 62.6 Å². The fraction of sp³-hybridized carbons (Fsp3) is 0.273. The first-order valence-corrected chi connectivity index (χ1v) is 9.67. The van der Waals surface area contributed by atoms with Crippen LogP contribution in [0.4, 0.5) is 11.4 Å². The van der Waals surface area contributed by atoms with E-state index in [9.17, 15) is 19.2 Å². The van der Waals surface area contributed by atoms with Crippen LogP contribution in [0.5, 0.6) is 0 Å². The lowest BCUT2D eigenvalue weighted by atomic mass is 10.1. The van der Waals surface area contributed by atoms with E-state index in [2.05, 4.69) is 21.3 Å². The zero-order valence-corrected chi connectivity index (χ0v) is 17.1. The Morgan fingerprint density at radius 1 is 0.667 bits per heavy atom. The fourth-order valence-corrected chi connectivity index (χ4v) is 2.78. The minimum atomic E-state index is -0.224. The van der Waals surface area contributed by atoms with Gasteiger partial charge >= 0.3 is 0 Å². The fourth-order valence-electron chi connectivity index (χ4n) is 2.78. The summed E-state index contributed by atoms with van der Waals surface area (Å²) in [6, 6.07) is 13.4. The normalized spacial score (nSPS) is 10.1. The quantitative estimate of drug-likeness (QED) is 0.475. The number of benzene rings is 2. The van der Waals surface area contributed by atoms with Crippen LogP contribution in [0.2, 0.25) is 0 Å². The molecule has 0 atom stereocenters. The maximum Gasteiger partial charge on any atom is 0.251 e. The lowest BCUT2D eigenvalue weighted by Crippen LogP contribution is -2.18. The molecular weight excluding hydrogens is 384 g/mol. The van der Waals surface area contributed by atoms with Gasteiger partial charge in [0.1, 0.15) is 0 Å². The van der Waals surface area contributed by atoms with Gasteiger partial charge in [0, 0.05) is 49.4 Å². The smallest absolute Gasteiger partial charge is 0.251 e. The highest BCUT2D eigenvalue weighted by molar-refractivity contribution is 5.98. The van der Waals surface area contributed by atoms with Crippen molar-refractivity contribution in [3.8, 4) is 0 Å². The third kappa shape index (κ3) is 7.05. The van der Waals surface area contributed by atoms with Gasteiger partial charge in [-0.05, 0) is 49.2 Å². The van der Waals surface area contributed by atoms with Gasteiger partial charge < -0.3 is 21.3 Å². The summed E-state index contributed by atoms with van der Waals surface area (Å²) >= 11 is 0. The molecule has 0 saturated carbocycles. The van der Waals surface area contributed by atoms with Crippen molar-refractivity contribution < 1.29 is 19.2 Å². The number of carbonyl (C=O) groups excluding carboxylic acids is 4. The molecular formula is C22H26N4O4. The Kier molecular flexibility index (Phi) is 8.56. The topological polar surface area (TPSA) is 116 Å². The largest absolute Gasteiger partial charge is 0.355 e. The van der Waals surface area contributed by atoms with Gasteiger partial charge in [-0.2, -0.15) is 0 Å². The minimum absolute atomic E-state index is 0.178. The zero-order valence-electron chi connectivity index (χ0n) is 17.1. The number of hydrogen-bond acceptors (Lipinski definition) is 4. The van der Waals surface area contributed by atoms with Gasteiger partial charge in [0.15, 0.2) is 0 Å². The summed E-state index contributed by atoms with van der Waals surface area (Å²) in [5.41, 5.74) is 2.03. The van der Waals surface area contributed by atoms with E-state index in [0.29, 0.717) is 35.3 Å². The highest BCUT2D eigenvalue weighted by Gasteiger charge is 2.09. The molecule has 0 aromatic heterocycles. The maximum atomic E-state index is 12.1. The highest BCUT2D eigenvalue weighted by Crippen LogP contribution is 2.13. The van der Waals surface area contributed by atoms with Crippen LogP contribution in [0.1, 0.15) is 46.4 Å². The Labute approximate surface area is 175 Å². The molecule has 4 amide bonds. The van der Waals surface area contributed by atoms with Crippen LogP contribution in [-0.4, -0.2) is 37.7 Å². The number of carbonyl (C=O) groups is 4. The maximum absolute atomic E-state index is 12.1. The van der Waals surface area contributed by atoms with E-state index >= 15 is 0 Å². The molecule has 30 heavy (non-hydrogen) atoms. The summed E-state index contributed by atoms with van der Waals surface area (Å²) in [7, 11) is 3.09. The molecule has 0 spiro atoms. The highest BCUT2D eigenvalue weighted by atomic mass is 16.2. The van der Waals surface area contributed by atoms with Crippen LogP contribution in [0.3, 0.4) is 0 Å². The average molecular weight is 410 g/mol. The van der Waals surface area contributed by atoms with Crippen molar-refractivity contribution in [2.24, 2.45) is 0 Å². The standard InChI is InChI=1S/C22H26N4O4/c1-23-21(29)15-7-5-9-17(13-15)25-19(27)11-3-4-12-20(28)26-18-10-6-8-16(14-18)22(30)24-2/h5-10,13-14H,3-4,11-12H2,1-2H3,(H,23,29)(H,24,30)(H,25,27)(H,26,28). The Bertz CT molecular complexity index is 851. The van der Waals surface area contributed by atoms with Gasteiger partial charge in [0.2, 0.25) is 11.8 Å². The number of nitrogens with one attached hydrogen (secondary N) is 4. The second-order valence-corrected chi connectivity index (χ2v) is 6.62. The molecule has 8 heteroatoms. The molecule has 158 valence electrons. The van der Waals surface area contributed by atoms with E-state index in [1.807, 2.05) is 0 Å². The number of unbranched alkanes of at least 4 members (excludes halogenated alkanes) is 1. The SMILES string of the molecule is CNC(=O)c1cccc(NC(=O)CCCCC(=O)Nc2cccc(C(=O)NC)c2)c1. The summed E-state index contributed by atoms with van der Waals surface area (Å²) in [4.78, 5) is 47.4. The van der Waals surface area contributed by atoms with Crippen molar-refractivity contribution in [3.05, 3.63) is 59.7 Å². The molecule has 0 heterocycles. The first kappa shape index (κ1) is 22.6. The van der Waals surface area contributed by atoms with E-state index in [1.165, 1.54) is 0 Å². The van der Waals surface area contributed by atoms with Crippen LogP contribution in [-0.2, 0) is 9.59 Å². The third-order valence-electron chi connectivity index (χ3n) is 4.33. The van der Waals surface area contributed by atoms with E-state index in [0.717, 1.165) is 0 Å². The average Bonchev–Trinajstić information content (AvgIpc) is 2.76. The summed E-state index contributed by atoms with van der Waals surface area (Å²) in [6.07, 6.45) is 1.63. The lowest BCUT2D eigenvalue weighted by Gasteiger charge is -2.08. The van der Waals surface area contributed by atoms with Crippen LogP contribution < -0.4 is 21.3 Å². The van der Waals surface area contributed by atoms with Crippen LogP contribution in [0.15, 0.2) is 48.5 Å². The zero-order chi connectivity index (χ0) is 21.9. The molecule has 2 aromatic carbocycles. The number of rotatable bonds is 9. The Hall–Kier alpha value is -3.68. The summed E-state index contributed by atoms with van der Waals surface area (Å²) < 4.78 is 0. The van der Waals surface area contributed by atoms with Crippen molar-refractivity contribution in [3.63, 3.8) is 0 Å². The molecule has 0 saturated heterocycles. The van der Waals surface area contributed by atoms with Gasteiger partial charge in [-0.1, -0.05) is 12.1 Å². The molecule has 2 aromatic rings. The van der Waals surface area contributed by atoms with Crippen molar-refractivity contribution in [2.45, 2.75) is 25.7 Å². The number of hydrogen-bond donors (Lipinski definition) is 4. The summed E-state index contributed by atoms with van der Waals surface area (Å²) in [5, 5.41) is 10.6. The Morgan fingerprint density at radius 3 is 1.43 bits per heavy atom. The van der Waals surface area contributed by atoms with Gasteiger partial charge in [0.25, 0.3) is 11.8 Å². The molecule has 8 nitrogen and oxygen atoms in total. The lowest BCUT2D eigenvalue weighted by molar-refractivity contribution is -0.118. The van der Waals surface area contributed by atoms with Crippen LogP contribution in [0, 0.1) is 0 Å². The number of anilines is 2. The predicted octanol–water partition coefficient (Wildman–Crippen LogP) is 2.54. The Balaban J connectivity index is 1.73. The number of amides is 4. The van der Waals surface area contributed by atoms with Crippen molar-refractivity contribution in [2.75, 3.05) is 24.7 Å². The molecule has 4 N–H and O–H groups in total. The molecule has 0 aliphatic rings. The molecule has 2 rings (SSSR count). The second-order valence-electron chi connectivity index (χ2n) is 6.62. The van der Waals surface area contributed by atoms with E-state index in [4.69, 9.17) is 0 Å². The van der Waals surface area contributed by atoms with Crippen molar-refractivity contribution in [1.29, 1.82) is 0 Å². The second kappa shape index (κ2) is 11.4. The van der Waals surface area contributed by atoms with Gasteiger partial charge in [-0.3, -0.25) is 19.2 Å². The van der Waals surface area contributed by atoms with Crippen molar-refractivity contribution in [1.82, 2.24) is 10.6 Å². The van der Waals surface area contributed by atoms with E-state index < -0.39 is 0 Å². The molecule has 0 aliphatic heterocycles. The molecule has 0 radical (unpaired) electrons. The van der Waals surface area contributed by atoms with Gasteiger partial charge in [-0.25, -0.2) is 0 Å². The minimum Gasteiger partial charge on any atom is -0.355 e. The first-order valence-electron chi connectivity index (χ1n) is 9.67. The first-order chi connectivity index (χ1) is 14.4.